The number of carbonyl (C=O) groups excluding carboxylic acids is 5. The second kappa shape index (κ2) is 21.8. The van der Waals surface area contributed by atoms with Crippen LogP contribution in [0.5, 0.6) is 0 Å². The molecule has 17 nitrogen and oxygen atoms in total. The van der Waals surface area contributed by atoms with E-state index in [9.17, 15) is 39.0 Å². The Balaban J connectivity index is 6.07. The Morgan fingerprint density at radius 1 is 0.688 bits per heavy atom. The standard InChI is InChI=1S/C31H59N9O8/c1-9-17(6)23(29(46)40-24(19(8)41)30(47)48)39-28(45)22(14-16(4)5)38-27(44)21(11-10-12-35-31(33)34)37-25(42)18(7)36-26(43)20(32)13-15(2)3/h15-24,41H,9-14,32H2,1-8H3,(H,36,43)(H,37,42)(H,38,44)(H,39,45)(H,40,46)(H,47,48)(H4,33,34,35)/t17-,18-,19+,20-,21-,22-,23-,24-/m0/s1. The molecule has 48 heavy (non-hydrogen) atoms. The van der Waals surface area contributed by atoms with Gasteiger partial charge in [-0.05, 0) is 57.3 Å². The number of amides is 5. The van der Waals surface area contributed by atoms with Crippen LogP contribution in [0.4, 0.5) is 0 Å². The fourth-order valence-electron chi connectivity index (χ4n) is 4.63. The number of aliphatic imine (C=N–C) groups is 1. The fourth-order valence-corrected chi connectivity index (χ4v) is 4.63. The molecule has 0 saturated heterocycles. The van der Waals surface area contributed by atoms with Crippen molar-refractivity contribution in [1.29, 1.82) is 0 Å². The molecule has 0 aliphatic rings. The molecule has 0 saturated carbocycles. The van der Waals surface area contributed by atoms with Gasteiger partial charge in [0.25, 0.3) is 0 Å². The van der Waals surface area contributed by atoms with Gasteiger partial charge in [-0.3, -0.25) is 29.0 Å². The molecule has 17 heteroatoms. The van der Waals surface area contributed by atoms with E-state index in [0.717, 1.165) is 0 Å². The van der Waals surface area contributed by atoms with Gasteiger partial charge in [0.15, 0.2) is 12.0 Å². The number of aliphatic carboxylic acids is 1. The number of nitrogens with zero attached hydrogens (tertiary/aromatic N) is 1. The smallest absolute Gasteiger partial charge is 0.328 e. The van der Waals surface area contributed by atoms with Gasteiger partial charge < -0.3 is 54.0 Å². The number of carbonyl (C=O) groups is 6. The molecule has 0 radical (unpaired) electrons. The minimum absolute atomic E-state index is 0.0751. The molecule has 0 unspecified atom stereocenters. The number of nitrogens with one attached hydrogen (secondary N) is 5. The van der Waals surface area contributed by atoms with Crippen LogP contribution in [0.2, 0.25) is 0 Å². The molecule has 0 rings (SSSR count). The quantitative estimate of drug-likeness (QED) is 0.0352. The van der Waals surface area contributed by atoms with Crippen LogP contribution in [-0.2, 0) is 28.8 Å². The van der Waals surface area contributed by atoms with Gasteiger partial charge in [0.2, 0.25) is 29.5 Å². The second-order valence-corrected chi connectivity index (χ2v) is 13.1. The van der Waals surface area contributed by atoms with Gasteiger partial charge in [-0.25, -0.2) is 4.79 Å². The summed E-state index contributed by atoms with van der Waals surface area (Å²) in [5, 5.41) is 32.0. The van der Waals surface area contributed by atoms with Crippen molar-refractivity contribution in [2.45, 2.75) is 130 Å². The van der Waals surface area contributed by atoms with E-state index in [1.807, 2.05) is 27.7 Å². The van der Waals surface area contributed by atoms with E-state index >= 15 is 0 Å². The monoisotopic (exact) mass is 685 g/mol. The molecule has 0 spiro atoms. The molecule has 0 aromatic rings. The first-order chi connectivity index (χ1) is 22.2. The Hall–Kier alpha value is -3.99. The van der Waals surface area contributed by atoms with Crippen LogP contribution in [0.25, 0.3) is 0 Å². The van der Waals surface area contributed by atoms with E-state index in [1.165, 1.54) is 13.8 Å². The first-order valence-electron chi connectivity index (χ1n) is 16.4. The maximum Gasteiger partial charge on any atom is 0.328 e. The van der Waals surface area contributed by atoms with E-state index < -0.39 is 83.8 Å². The minimum Gasteiger partial charge on any atom is -0.480 e. The lowest BCUT2D eigenvalue weighted by Gasteiger charge is -2.29. The molecule has 0 fully saturated rings. The van der Waals surface area contributed by atoms with Gasteiger partial charge in [0.05, 0.1) is 12.1 Å². The third kappa shape index (κ3) is 16.7. The summed E-state index contributed by atoms with van der Waals surface area (Å²) >= 11 is 0. The average molecular weight is 686 g/mol. The largest absolute Gasteiger partial charge is 0.480 e. The molecular weight excluding hydrogens is 626 g/mol. The molecule has 13 N–H and O–H groups in total. The zero-order valence-electron chi connectivity index (χ0n) is 29.5. The number of carboxylic acids is 1. The lowest BCUT2D eigenvalue weighted by molar-refractivity contribution is -0.145. The molecule has 0 aromatic carbocycles. The summed E-state index contributed by atoms with van der Waals surface area (Å²) < 4.78 is 0. The Morgan fingerprint density at radius 3 is 1.69 bits per heavy atom. The molecule has 0 heterocycles. The molecule has 0 aliphatic heterocycles. The van der Waals surface area contributed by atoms with Crippen molar-refractivity contribution < 1.29 is 39.0 Å². The van der Waals surface area contributed by atoms with Crippen molar-refractivity contribution in [1.82, 2.24) is 26.6 Å². The number of aliphatic hydroxyl groups excluding tert-OH is 1. The van der Waals surface area contributed by atoms with Crippen molar-refractivity contribution >= 4 is 41.5 Å². The highest BCUT2D eigenvalue weighted by Gasteiger charge is 2.35. The number of nitrogens with two attached hydrogens (primary N) is 3. The molecule has 8 atom stereocenters. The van der Waals surface area contributed by atoms with Gasteiger partial charge in [-0.2, -0.15) is 0 Å². The summed E-state index contributed by atoms with van der Waals surface area (Å²) in [6, 6.07) is -6.95. The van der Waals surface area contributed by atoms with Gasteiger partial charge in [-0.1, -0.05) is 48.0 Å². The van der Waals surface area contributed by atoms with E-state index in [2.05, 4.69) is 31.6 Å². The lowest BCUT2D eigenvalue weighted by atomic mass is 9.96. The first kappa shape index (κ1) is 44.0. The van der Waals surface area contributed by atoms with Crippen LogP contribution in [-0.4, -0.2) is 101 Å². The number of hydrogen-bond donors (Lipinski definition) is 10. The zero-order chi connectivity index (χ0) is 37.3. The van der Waals surface area contributed by atoms with Crippen LogP contribution in [0.1, 0.15) is 87.5 Å². The van der Waals surface area contributed by atoms with E-state index in [1.54, 1.807) is 13.8 Å². The van der Waals surface area contributed by atoms with Crippen molar-refractivity contribution in [3.05, 3.63) is 0 Å². The van der Waals surface area contributed by atoms with Crippen LogP contribution in [0.15, 0.2) is 4.99 Å². The molecule has 0 aromatic heterocycles. The topological polar surface area (TPSA) is 293 Å². The van der Waals surface area contributed by atoms with Gasteiger partial charge >= 0.3 is 5.97 Å². The second-order valence-electron chi connectivity index (χ2n) is 13.1. The number of carboxylic acid groups (broad SMARTS) is 1. The summed E-state index contributed by atoms with van der Waals surface area (Å²) in [5.41, 5.74) is 16.7. The molecule has 0 aliphatic carbocycles. The van der Waals surface area contributed by atoms with Gasteiger partial charge in [-0.15, -0.1) is 0 Å². The maximum atomic E-state index is 13.6. The van der Waals surface area contributed by atoms with Gasteiger partial charge in [0.1, 0.15) is 24.2 Å². The van der Waals surface area contributed by atoms with Crippen molar-refractivity contribution in [2.75, 3.05) is 6.54 Å². The summed E-state index contributed by atoms with van der Waals surface area (Å²) in [4.78, 5) is 81.4. The van der Waals surface area contributed by atoms with E-state index in [-0.39, 0.29) is 43.6 Å². The van der Waals surface area contributed by atoms with Crippen LogP contribution >= 0.6 is 0 Å². The van der Waals surface area contributed by atoms with Crippen molar-refractivity contribution in [3.63, 3.8) is 0 Å². The van der Waals surface area contributed by atoms with Crippen molar-refractivity contribution in [3.8, 4) is 0 Å². The average Bonchev–Trinajstić information content (AvgIpc) is 2.97. The SMILES string of the molecule is CC[C@H](C)[C@H](NC(=O)[C@H](CC(C)C)NC(=O)[C@H](CCCN=C(N)N)NC(=O)[C@H](C)NC(=O)[C@@H](N)CC(C)C)C(=O)N[C@H](C(=O)O)[C@@H](C)O. The third-order valence-electron chi connectivity index (χ3n) is 7.57. The Morgan fingerprint density at radius 2 is 1.21 bits per heavy atom. The predicted octanol–water partition coefficient (Wildman–Crippen LogP) is -1.59. The number of rotatable bonds is 22. The Labute approximate surface area is 283 Å². The maximum absolute atomic E-state index is 13.6. The lowest BCUT2D eigenvalue weighted by Crippen LogP contribution is -2.60. The first-order valence-corrected chi connectivity index (χ1v) is 16.4. The van der Waals surface area contributed by atoms with Gasteiger partial charge in [0, 0.05) is 6.54 Å². The van der Waals surface area contributed by atoms with Crippen LogP contribution in [0, 0.1) is 17.8 Å². The minimum atomic E-state index is -1.60. The molecule has 0 bridgehead atoms. The molecular formula is C31H59N9O8. The van der Waals surface area contributed by atoms with E-state index in [0.29, 0.717) is 12.8 Å². The number of guanidine groups is 1. The zero-order valence-corrected chi connectivity index (χ0v) is 29.5. The van der Waals surface area contributed by atoms with Crippen LogP contribution < -0.4 is 43.8 Å². The Kier molecular flexibility index (Phi) is 20.0. The van der Waals surface area contributed by atoms with E-state index in [4.69, 9.17) is 17.2 Å². The number of hydrogen-bond acceptors (Lipinski definition) is 9. The normalized spacial score (nSPS) is 16.2. The fraction of sp³-hybridized carbons (Fsp3) is 0.774. The van der Waals surface area contributed by atoms with Crippen molar-refractivity contribution in [2.24, 2.45) is 39.9 Å². The molecule has 5 amide bonds. The predicted molar refractivity (Wildman–Crippen MR) is 181 cm³/mol. The summed E-state index contributed by atoms with van der Waals surface area (Å²) in [5.74, 6) is -5.36. The highest BCUT2D eigenvalue weighted by Crippen LogP contribution is 2.12. The summed E-state index contributed by atoms with van der Waals surface area (Å²) in [6.45, 7) is 13.8. The third-order valence-corrected chi connectivity index (χ3v) is 7.57. The number of aliphatic hydroxyl groups is 1. The molecule has 276 valence electrons. The summed E-state index contributed by atoms with van der Waals surface area (Å²) in [6.07, 6.45) is -0.0394. The summed E-state index contributed by atoms with van der Waals surface area (Å²) in [7, 11) is 0. The Bertz CT molecular complexity index is 1110. The highest BCUT2D eigenvalue weighted by molar-refractivity contribution is 5.96. The van der Waals surface area contributed by atoms with Crippen LogP contribution in [0.3, 0.4) is 0 Å². The highest BCUT2D eigenvalue weighted by atomic mass is 16.4.